The molecule has 3 aliphatic rings. The molecule has 3 rings (SSSR count). The summed E-state index contributed by atoms with van der Waals surface area (Å²) in [5.74, 6) is -0.130. The number of ether oxygens (including phenoxy) is 2. The minimum absolute atomic E-state index is 0.0394. The second-order valence-corrected chi connectivity index (χ2v) is 7.61. The lowest BCUT2D eigenvalue weighted by atomic mass is 9.85. The van der Waals surface area contributed by atoms with Gasteiger partial charge >= 0.3 is 5.97 Å². The van der Waals surface area contributed by atoms with Crippen molar-refractivity contribution in [3.8, 4) is 0 Å². The van der Waals surface area contributed by atoms with E-state index in [1.165, 1.54) is 11.1 Å². The number of carbonyl (C=O) groups excluding carboxylic acids is 1. The summed E-state index contributed by atoms with van der Waals surface area (Å²) in [5, 5.41) is 0. The van der Waals surface area contributed by atoms with Gasteiger partial charge in [0.15, 0.2) is 0 Å². The summed E-state index contributed by atoms with van der Waals surface area (Å²) in [5.41, 5.74) is 3.34. The van der Waals surface area contributed by atoms with Gasteiger partial charge in [-0.05, 0) is 52.9 Å². The first kappa shape index (κ1) is 16.5. The van der Waals surface area contributed by atoms with Crippen LogP contribution in [0.4, 0.5) is 0 Å². The minimum Gasteiger partial charge on any atom is -0.458 e. The van der Waals surface area contributed by atoms with Crippen LogP contribution in [0.15, 0.2) is 35.5 Å². The number of epoxide rings is 1. The standard InChI is InChI=1S/C20H28O3/c1-13-7-5-8-14(2)11-17-16(15(3)19(21)22-17)12-18-20(4,23-18)10-6-9-13/h8-9,16-18H,3,5-7,10-12H2,1-2,4H3/b13-9-,14-8+/t16-,17+,18-,20-/m0/s1. The third-order valence-corrected chi connectivity index (χ3v) is 5.61. The summed E-state index contributed by atoms with van der Waals surface area (Å²) >= 11 is 0. The number of esters is 1. The molecule has 0 radical (unpaired) electrons. The van der Waals surface area contributed by atoms with Crippen LogP contribution < -0.4 is 0 Å². The maximum atomic E-state index is 11.9. The maximum Gasteiger partial charge on any atom is 0.334 e. The van der Waals surface area contributed by atoms with Crippen LogP contribution in [0.2, 0.25) is 0 Å². The molecule has 0 unspecified atom stereocenters. The number of rotatable bonds is 0. The Morgan fingerprint density at radius 1 is 1.22 bits per heavy atom. The zero-order chi connectivity index (χ0) is 16.6. The van der Waals surface area contributed by atoms with Crippen LogP contribution in [0.5, 0.6) is 0 Å². The van der Waals surface area contributed by atoms with E-state index in [9.17, 15) is 4.79 Å². The molecule has 0 N–H and O–H groups in total. The number of hydrogen-bond acceptors (Lipinski definition) is 3. The smallest absolute Gasteiger partial charge is 0.334 e. The van der Waals surface area contributed by atoms with Crippen LogP contribution in [-0.2, 0) is 14.3 Å². The third kappa shape index (κ3) is 3.60. The molecule has 0 saturated carbocycles. The van der Waals surface area contributed by atoms with E-state index in [-0.39, 0.29) is 29.7 Å². The first-order valence-electron chi connectivity index (χ1n) is 8.78. The third-order valence-electron chi connectivity index (χ3n) is 5.61. The average molecular weight is 316 g/mol. The lowest BCUT2D eigenvalue weighted by Crippen LogP contribution is -2.21. The maximum absolute atomic E-state index is 11.9. The Hall–Kier alpha value is -1.35. The van der Waals surface area contributed by atoms with Gasteiger partial charge in [0.2, 0.25) is 0 Å². The zero-order valence-corrected chi connectivity index (χ0v) is 14.6. The molecule has 0 bridgehead atoms. The van der Waals surface area contributed by atoms with Crippen molar-refractivity contribution < 1.29 is 14.3 Å². The summed E-state index contributed by atoms with van der Waals surface area (Å²) in [4.78, 5) is 11.9. The Morgan fingerprint density at radius 3 is 2.74 bits per heavy atom. The Kier molecular flexibility index (Phi) is 4.50. The van der Waals surface area contributed by atoms with Crippen LogP contribution in [-0.4, -0.2) is 23.8 Å². The van der Waals surface area contributed by atoms with Crippen molar-refractivity contribution in [3.63, 3.8) is 0 Å². The number of fused-ring (bicyclic) bond motifs is 2. The summed E-state index contributed by atoms with van der Waals surface area (Å²) in [6.45, 7) is 10.5. The molecule has 0 amide bonds. The topological polar surface area (TPSA) is 38.8 Å². The van der Waals surface area contributed by atoms with Crippen molar-refractivity contribution in [2.24, 2.45) is 5.92 Å². The summed E-state index contributed by atoms with van der Waals surface area (Å²) in [7, 11) is 0. The van der Waals surface area contributed by atoms with E-state index in [0.29, 0.717) is 5.57 Å². The second-order valence-electron chi connectivity index (χ2n) is 7.61. The van der Waals surface area contributed by atoms with Gasteiger partial charge in [0, 0.05) is 17.9 Å². The van der Waals surface area contributed by atoms with Crippen LogP contribution in [0.1, 0.15) is 59.3 Å². The zero-order valence-electron chi connectivity index (χ0n) is 14.6. The molecule has 2 aliphatic heterocycles. The van der Waals surface area contributed by atoms with Crippen LogP contribution >= 0.6 is 0 Å². The van der Waals surface area contributed by atoms with Gasteiger partial charge in [0.25, 0.3) is 0 Å². The predicted octanol–water partition coefficient (Wildman–Crippen LogP) is 4.49. The van der Waals surface area contributed by atoms with Gasteiger partial charge in [-0.15, -0.1) is 0 Å². The molecular formula is C20H28O3. The minimum atomic E-state index is -0.225. The van der Waals surface area contributed by atoms with Gasteiger partial charge < -0.3 is 9.47 Å². The molecule has 2 heterocycles. The quantitative estimate of drug-likeness (QED) is 0.286. The Morgan fingerprint density at radius 2 is 1.96 bits per heavy atom. The summed E-state index contributed by atoms with van der Waals surface area (Å²) < 4.78 is 11.6. The average Bonchev–Trinajstić information content (AvgIpc) is 3.04. The Labute approximate surface area is 139 Å². The van der Waals surface area contributed by atoms with Gasteiger partial charge in [0.05, 0.1) is 11.7 Å². The SMILES string of the molecule is C=C1C(=O)O[C@@H]2C/C(C)=C/CC/C(C)=C\CC[C@]3(C)O[C@H]3C[C@@H]12. The van der Waals surface area contributed by atoms with E-state index < -0.39 is 0 Å². The van der Waals surface area contributed by atoms with Crippen molar-refractivity contribution in [1.82, 2.24) is 0 Å². The highest BCUT2D eigenvalue weighted by Gasteiger charge is 2.54. The van der Waals surface area contributed by atoms with E-state index in [0.717, 1.165) is 38.5 Å². The van der Waals surface area contributed by atoms with Gasteiger partial charge in [-0.1, -0.05) is 29.9 Å². The highest BCUT2D eigenvalue weighted by molar-refractivity contribution is 5.90. The highest BCUT2D eigenvalue weighted by atomic mass is 16.6. The molecule has 23 heavy (non-hydrogen) atoms. The molecule has 3 nitrogen and oxygen atoms in total. The first-order valence-corrected chi connectivity index (χ1v) is 8.78. The number of carbonyl (C=O) groups is 1. The van der Waals surface area contributed by atoms with Gasteiger partial charge in [-0.2, -0.15) is 0 Å². The lowest BCUT2D eigenvalue weighted by molar-refractivity contribution is -0.139. The Bertz CT molecular complexity index is 571. The molecule has 0 aromatic heterocycles. The molecule has 2 saturated heterocycles. The van der Waals surface area contributed by atoms with Crippen molar-refractivity contribution in [2.75, 3.05) is 0 Å². The predicted molar refractivity (Wildman–Crippen MR) is 91.0 cm³/mol. The molecule has 0 spiro atoms. The summed E-state index contributed by atoms with van der Waals surface area (Å²) in [6.07, 6.45) is 10.7. The highest BCUT2D eigenvalue weighted by Crippen LogP contribution is 2.47. The molecule has 0 aromatic carbocycles. The van der Waals surface area contributed by atoms with Crippen LogP contribution in [0.25, 0.3) is 0 Å². The van der Waals surface area contributed by atoms with Crippen molar-refractivity contribution in [2.45, 2.75) is 77.1 Å². The van der Waals surface area contributed by atoms with Crippen molar-refractivity contribution >= 4 is 5.97 Å². The molecule has 2 fully saturated rings. The van der Waals surface area contributed by atoms with E-state index in [4.69, 9.17) is 9.47 Å². The van der Waals surface area contributed by atoms with E-state index >= 15 is 0 Å². The molecule has 1 aliphatic carbocycles. The van der Waals surface area contributed by atoms with Crippen molar-refractivity contribution in [3.05, 3.63) is 35.5 Å². The largest absolute Gasteiger partial charge is 0.458 e. The summed E-state index contributed by atoms with van der Waals surface area (Å²) in [6, 6.07) is 0. The van der Waals surface area contributed by atoms with E-state index in [1.807, 2.05) is 0 Å². The van der Waals surface area contributed by atoms with E-state index in [1.54, 1.807) is 0 Å². The molecule has 0 aromatic rings. The number of hydrogen-bond donors (Lipinski definition) is 0. The fraction of sp³-hybridized carbons (Fsp3) is 0.650. The van der Waals surface area contributed by atoms with Crippen LogP contribution in [0, 0.1) is 5.92 Å². The molecule has 3 heteroatoms. The Balaban J connectivity index is 1.78. The second kappa shape index (κ2) is 6.27. The van der Waals surface area contributed by atoms with Crippen LogP contribution in [0.3, 0.4) is 0 Å². The van der Waals surface area contributed by atoms with E-state index in [2.05, 4.69) is 39.5 Å². The van der Waals surface area contributed by atoms with Gasteiger partial charge in [-0.3, -0.25) is 0 Å². The molecule has 126 valence electrons. The fourth-order valence-corrected chi connectivity index (χ4v) is 3.84. The molecular weight excluding hydrogens is 288 g/mol. The van der Waals surface area contributed by atoms with Crippen molar-refractivity contribution in [1.29, 1.82) is 0 Å². The van der Waals surface area contributed by atoms with Gasteiger partial charge in [0.1, 0.15) is 6.10 Å². The monoisotopic (exact) mass is 316 g/mol. The fourth-order valence-electron chi connectivity index (χ4n) is 3.84. The number of allylic oxidation sites excluding steroid dienone is 3. The first-order chi connectivity index (χ1) is 10.9. The normalized spacial score (nSPS) is 43.2. The van der Waals surface area contributed by atoms with Gasteiger partial charge in [-0.25, -0.2) is 4.79 Å². The lowest BCUT2D eigenvalue weighted by Gasteiger charge is -2.18. The molecule has 4 atom stereocenters.